The van der Waals surface area contributed by atoms with E-state index in [0.717, 1.165) is 11.6 Å². The molecule has 1 amide bonds. The number of amides is 1. The maximum Gasteiger partial charge on any atom is 0.259 e. The SMILES string of the molecule is C#Cc1ccc(Oc2ccccc2C(=O)Nc2ccc(O)cc2O)cc1. The average molecular weight is 345 g/mol. The van der Waals surface area contributed by atoms with Gasteiger partial charge in [-0.15, -0.1) is 6.42 Å². The van der Waals surface area contributed by atoms with Crippen molar-refractivity contribution < 1.29 is 19.7 Å². The topological polar surface area (TPSA) is 78.8 Å². The molecule has 0 aliphatic heterocycles. The summed E-state index contributed by atoms with van der Waals surface area (Å²) in [6, 6.07) is 17.6. The smallest absolute Gasteiger partial charge is 0.259 e. The van der Waals surface area contributed by atoms with Crippen LogP contribution in [0.1, 0.15) is 15.9 Å². The van der Waals surface area contributed by atoms with Crippen LogP contribution in [0, 0.1) is 12.3 Å². The van der Waals surface area contributed by atoms with Crippen molar-refractivity contribution in [2.24, 2.45) is 0 Å². The summed E-state index contributed by atoms with van der Waals surface area (Å²) in [6.45, 7) is 0. The van der Waals surface area contributed by atoms with Crippen LogP contribution in [0.4, 0.5) is 5.69 Å². The van der Waals surface area contributed by atoms with E-state index >= 15 is 0 Å². The molecule has 3 aromatic rings. The van der Waals surface area contributed by atoms with Gasteiger partial charge in [0.05, 0.1) is 11.3 Å². The third-order valence-corrected chi connectivity index (χ3v) is 3.61. The maximum atomic E-state index is 12.6. The Hall–Kier alpha value is -3.91. The molecule has 3 N–H and O–H groups in total. The summed E-state index contributed by atoms with van der Waals surface area (Å²) >= 11 is 0. The van der Waals surface area contributed by atoms with Gasteiger partial charge < -0.3 is 20.3 Å². The van der Waals surface area contributed by atoms with Gasteiger partial charge in [-0.25, -0.2) is 0 Å². The van der Waals surface area contributed by atoms with Gasteiger partial charge in [-0.3, -0.25) is 4.79 Å². The summed E-state index contributed by atoms with van der Waals surface area (Å²) < 4.78 is 5.79. The number of terminal acetylenes is 1. The predicted molar refractivity (Wildman–Crippen MR) is 98.6 cm³/mol. The molecule has 3 rings (SSSR count). The summed E-state index contributed by atoms with van der Waals surface area (Å²) in [5.74, 6) is 2.63. The van der Waals surface area contributed by atoms with Crippen molar-refractivity contribution in [3.8, 4) is 35.3 Å². The molecule has 0 atom stereocenters. The molecule has 5 heteroatoms. The lowest BCUT2D eigenvalue weighted by atomic mass is 10.1. The van der Waals surface area contributed by atoms with Gasteiger partial charge in [0.15, 0.2) is 0 Å². The monoisotopic (exact) mass is 345 g/mol. The Balaban J connectivity index is 1.83. The normalized spacial score (nSPS) is 9.96. The fraction of sp³-hybridized carbons (Fsp3) is 0. The molecule has 0 saturated carbocycles. The quantitative estimate of drug-likeness (QED) is 0.377. The van der Waals surface area contributed by atoms with Crippen LogP contribution >= 0.6 is 0 Å². The number of aromatic hydroxyl groups is 2. The van der Waals surface area contributed by atoms with Crippen molar-refractivity contribution in [1.82, 2.24) is 0 Å². The molecule has 0 fully saturated rings. The van der Waals surface area contributed by atoms with E-state index < -0.39 is 5.91 Å². The molecule has 0 heterocycles. The van der Waals surface area contributed by atoms with E-state index in [1.807, 2.05) is 0 Å². The van der Waals surface area contributed by atoms with E-state index in [0.29, 0.717) is 17.1 Å². The summed E-state index contributed by atoms with van der Waals surface area (Å²) in [5.41, 5.74) is 1.20. The van der Waals surface area contributed by atoms with Crippen LogP contribution in [0.2, 0.25) is 0 Å². The fourth-order valence-electron chi connectivity index (χ4n) is 2.30. The molecule has 0 saturated heterocycles. The summed E-state index contributed by atoms with van der Waals surface area (Å²) in [5, 5.41) is 21.7. The molecule has 26 heavy (non-hydrogen) atoms. The molecule has 0 aliphatic rings. The first-order chi connectivity index (χ1) is 12.6. The number of anilines is 1. The molecule has 3 aromatic carbocycles. The number of nitrogens with one attached hydrogen (secondary N) is 1. The maximum absolute atomic E-state index is 12.6. The minimum absolute atomic E-state index is 0.0975. The molecular formula is C21H15NO4. The molecule has 0 unspecified atom stereocenters. The van der Waals surface area contributed by atoms with Crippen LogP contribution in [0.15, 0.2) is 66.7 Å². The second-order valence-electron chi connectivity index (χ2n) is 5.42. The number of carbonyl (C=O) groups is 1. The predicted octanol–water partition coefficient (Wildman–Crippen LogP) is 4.12. The molecule has 0 spiro atoms. The van der Waals surface area contributed by atoms with Gasteiger partial charge in [0.2, 0.25) is 0 Å². The van der Waals surface area contributed by atoms with Crippen molar-refractivity contribution >= 4 is 11.6 Å². The Kier molecular flexibility index (Phi) is 4.77. The fourth-order valence-corrected chi connectivity index (χ4v) is 2.30. The number of para-hydroxylation sites is 1. The van der Waals surface area contributed by atoms with Gasteiger partial charge in [0.25, 0.3) is 5.91 Å². The standard InChI is InChI=1S/C21H15NO4/c1-2-14-7-10-16(11-8-14)26-20-6-4-3-5-17(20)21(25)22-18-12-9-15(23)13-19(18)24/h1,3-13,23-24H,(H,22,25). The number of phenols is 2. The number of ether oxygens (including phenoxy) is 1. The third-order valence-electron chi connectivity index (χ3n) is 3.61. The van der Waals surface area contributed by atoms with E-state index in [-0.39, 0.29) is 17.2 Å². The van der Waals surface area contributed by atoms with Crippen molar-refractivity contribution in [3.05, 3.63) is 77.9 Å². The second kappa shape index (κ2) is 7.32. The van der Waals surface area contributed by atoms with E-state index in [2.05, 4.69) is 11.2 Å². The number of rotatable bonds is 4. The molecule has 0 aliphatic carbocycles. The van der Waals surface area contributed by atoms with E-state index in [1.54, 1.807) is 48.5 Å². The zero-order valence-corrected chi connectivity index (χ0v) is 13.6. The minimum atomic E-state index is -0.457. The molecule has 5 nitrogen and oxygen atoms in total. The summed E-state index contributed by atoms with van der Waals surface area (Å²) in [6.07, 6.45) is 5.33. The van der Waals surface area contributed by atoms with Crippen LogP contribution < -0.4 is 10.1 Å². The van der Waals surface area contributed by atoms with Crippen LogP contribution in [0.3, 0.4) is 0 Å². The zero-order valence-electron chi connectivity index (χ0n) is 13.6. The lowest BCUT2D eigenvalue weighted by molar-refractivity contribution is 0.102. The number of hydrogen-bond donors (Lipinski definition) is 3. The Morgan fingerprint density at radius 3 is 2.42 bits per heavy atom. The first-order valence-corrected chi connectivity index (χ1v) is 7.74. The highest BCUT2D eigenvalue weighted by Crippen LogP contribution is 2.30. The number of phenolic OH excluding ortho intramolecular Hbond substituents is 2. The highest BCUT2D eigenvalue weighted by atomic mass is 16.5. The van der Waals surface area contributed by atoms with Crippen molar-refractivity contribution in [1.29, 1.82) is 0 Å². The van der Waals surface area contributed by atoms with Gasteiger partial charge in [-0.05, 0) is 48.5 Å². The van der Waals surface area contributed by atoms with Gasteiger partial charge >= 0.3 is 0 Å². The Labute approximate surface area is 150 Å². The molecule has 0 aromatic heterocycles. The molecule has 0 bridgehead atoms. The van der Waals surface area contributed by atoms with Crippen LogP contribution in [-0.4, -0.2) is 16.1 Å². The van der Waals surface area contributed by atoms with Crippen LogP contribution in [0.5, 0.6) is 23.0 Å². The van der Waals surface area contributed by atoms with Gasteiger partial charge in [-0.2, -0.15) is 0 Å². The van der Waals surface area contributed by atoms with E-state index in [1.165, 1.54) is 12.1 Å². The first kappa shape index (κ1) is 16.9. The highest BCUT2D eigenvalue weighted by molar-refractivity contribution is 6.06. The average Bonchev–Trinajstić information content (AvgIpc) is 2.65. The Morgan fingerprint density at radius 2 is 1.73 bits per heavy atom. The molecule has 0 radical (unpaired) electrons. The van der Waals surface area contributed by atoms with E-state index in [4.69, 9.17) is 11.2 Å². The number of hydrogen-bond acceptors (Lipinski definition) is 4. The lowest BCUT2D eigenvalue weighted by Crippen LogP contribution is -2.13. The molecular weight excluding hydrogens is 330 g/mol. The first-order valence-electron chi connectivity index (χ1n) is 7.74. The summed E-state index contributed by atoms with van der Waals surface area (Å²) in [7, 11) is 0. The van der Waals surface area contributed by atoms with Crippen molar-refractivity contribution in [2.45, 2.75) is 0 Å². The number of benzene rings is 3. The van der Waals surface area contributed by atoms with Crippen LogP contribution in [-0.2, 0) is 0 Å². The van der Waals surface area contributed by atoms with Crippen LogP contribution in [0.25, 0.3) is 0 Å². The molecule has 128 valence electrons. The van der Waals surface area contributed by atoms with E-state index in [9.17, 15) is 15.0 Å². The number of carbonyl (C=O) groups excluding carboxylic acids is 1. The minimum Gasteiger partial charge on any atom is -0.508 e. The third kappa shape index (κ3) is 3.77. The highest BCUT2D eigenvalue weighted by Gasteiger charge is 2.15. The van der Waals surface area contributed by atoms with Gasteiger partial charge in [0, 0.05) is 11.6 Å². The zero-order chi connectivity index (χ0) is 18.5. The lowest BCUT2D eigenvalue weighted by Gasteiger charge is -2.12. The van der Waals surface area contributed by atoms with Crippen molar-refractivity contribution in [3.63, 3.8) is 0 Å². The van der Waals surface area contributed by atoms with Gasteiger partial charge in [-0.1, -0.05) is 18.1 Å². The van der Waals surface area contributed by atoms with Gasteiger partial charge in [0.1, 0.15) is 23.0 Å². The summed E-state index contributed by atoms with van der Waals surface area (Å²) in [4.78, 5) is 12.6. The van der Waals surface area contributed by atoms with Crippen molar-refractivity contribution in [2.75, 3.05) is 5.32 Å². The Morgan fingerprint density at radius 1 is 1.00 bits per heavy atom. The second-order valence-corrected chi connectivity index (χ2v) is 5.42. The largest absolute Gasteiger partial charge is 0.508 e. The Bertz CT molecular complexity index is 988.